The Morgan fingerprint density at radius 2 is 2.18 bits per heavy atom. The van der Waals surface area contributed by atoms with Crippen LogP contribution in [-0.2, 0) is 0 Å². The summed E-state index contributed by atoms with van der Waals surface area (Å²) >= 11 is 6.03. The molecule has 1 aromatic carbocycles. The number of rotatable bonds is 10. The summed E-state index contributed by atoms with van der Waals surface area (Å²) < 4.78 is 11.0. The zero-order chi connectivity index (χ0) is 24.0. The van der Waals surface area contributed by atoms with Gasteiger partial charge in [-0.25, -0.2) is 4.98 Å². The molecule has 1 aliphatic rings. The summed E-state index contributed by atoms with van der Waals surface area (Å²) in [4.78, 5) is 35.9. The van der Waals surface area contributed by atoms with E-state index in [1.54, 1.807) is 4.90 Å². The maximum atomic E-state index is 13.0. The molecule has 1 saturated heterocycles. The van der Waals surface area contributed by atoms with Crippen molar-refractivity contribution in [1.82, 2.24) is 19.8 Å². The molecular formula is C21H27ClN6O5. The smallest absolute Gasteiger partial charge is 0.310 e. The van der Waals surface area contributed by atoms with Crippen molar-refractivity contribution in [2.24, 2.45) is 0 Å². The summed E-state index contributed by atoms with van der Waals surface area (Å²) in [6, 6.07) is 4.14. The quantitative estimate of drug-likeness (QED) is 0.405. The van der Waals surface area contributed by atoms with Crippen LogP contribution in [0.4, 0.5) is 11.6 Å². The number of nitro groups is 1. The molecule has 3 rings (SSSR count). The number of halogens is 1. The monoisotopic (exact) mass is 478 g/mol. The average Bonchev–Trinajstić information content (AvgIpc) is 3.23. The van der Waals surface area contributed by atoms with E-state index in [-0.39, 0.29) is 30.0 Å². The summed E-state index contributed by atoms with van der Waals surface area (Å²) in [6.45, 7) is 4.08. The number of ether oxygens (including phenoxy) is 2. The summed E-state index contributed by atoms with van der Waals surface area (Å²) in [6.07, 6.45) is 2.16. The predicted octanol–water partition coefficient (Wildman–Crippen LogP) is 2.70. The van der Waals surface area contributed by atoms with Crippen molar-refractivity contribution >= 4 is 29.1 Å². The lowest BCUT2D eigenvalue weighted by atomic mass is 10.1. The number of nitrogens with zero attached hydrogens (tertiary/aromatic N) is 5. The fourth-order valence-electron chi connectivity index (χ4n) is 3.34. The number of likely N-dealkylation sites (tertiary alicyclic amines) is 1. The number of carbonyl (C=O) groups is 1. The standard InChI is InChI=1S/C21H27ClN6O5/c1-4-32-19-16(22)12-23-21(25-19)24-15-7-8-27(13-15)20(29)14-5-6-17(28(30)31)18(11-14)33-10-9-26(2)3/h5-6,11-12,15H,4,7-10,13H2,1-3H3,(H,23,24,25)/t15-/m1/s1. The van der Waals surface area contributed by atoms with Crippen molar-refractivity contribution in [3.8, 4) is 11.6 Å². The van der Waals surface area contributed by atoms with E-state index in [0.29, 0.717) is 55.1 Å². The van der Waals surface area contributed by atoms with Gasteiger partial charge < -0.3 is 24.6 Å². The minimum atomic E-state index is -0.516. The van der Waals surface area contributed by atoms with E-state index >= 15 is 0 Å². The number of likely N-dealkylation sites (N-methyl/N-ethyl adjacent to an activating group) is 1. The van der Waals surface area contributed by atoms with Crippen molar-refractivity contribution in [3.05, 3.63) is 45.1 Å². The summed E-state index contributed by atoms with van der Waals surface area (Å²) in [5, 5.41) is 14.9. The van der Waals surface area contributed by atoms with E-state index in [0.717, 1.165) is 0 Å². The van der Waals surface area contributed by atoms with Crippen molar-refractivity contribution in [2.75, 3.05) is 52.3 Å². The van der Waals surface area contributed by atoms with Crippen molar-refractivity contribution in [3.63, 3.8) is 0 Å². The van der Waals surface area contributed by atoms with Crippen LogP contribution in [0.25, 0.3) is 0 Å². The molecule has 1 fully saturated rings. The molecule has 0 spiro atoms. The van der Waals surface area contributed by atoms with Gasteiger partial charge in [0.25, 0.3) is 5.91 Å². The Labute approximate surface area is 196 Å². The number of anilines is 1. The summed E-state index contributed by atoms with van der Waals surface area (Å²) in [5.74, 6) is 0.530. The first kappa shape index (κ1) is 24.5. The first-order valence-electron chi connectivity index (χ1n) is 10.6. The molecule has 12 heteroatoms. The lowest BCUT2D eigenvalue weighted by Gasteiger charge is -2.18. The Morgan fingerprint density at radius 3 is 2.88 bits per heavy atom. The largest absolute Gasteiger partial charge is 0.485 e. The number of nitrogens with one attached hydrogen (secondary N) is 1. The number of benzene rings is 1. The van der Waals surface area contributed by atoms with Gasteiger partial charge in [0.2, 0.25) is 11.8 Å². The van der Waals surface area contributed by atoms with Gasteiger partial charge in [0.15, 0.2) is 5.75 Å². The van der Waals surface area contributed by atoms with Crippen LogP contribution in [0.2, 0.25) is 5.02 Å². The number of hydrogen-bond donors (Lipinski definition) is 1. The van der Waals surface area contributed by atoms with E-state index in [4.69, 9.17) is 21.1 Å². The Hall–Kier alpha value is -3.18. The normalized spacial score (nSPS) is 15.5. The number of aromatic nitrogens is 2. The Kier molecular flexibility index (Phi) is 8.23. The fraction of sp³-hybridized carbons (Fsp3) is 0.476. The highest BCUT2D eigenvalue weighted by atomic mass is 35.5. The van der Waals surface area contributed by atoms with Gasteiger partial charge in [0.05, 0.1) is 17.7 Å². The molecule has 11 nitrogen and oxygen atoms in total. The van der Waals surface area contributed by atoms with Gasteiger partial charge in [-0.15, -0.1) is 0 Å². The Balaban J connectivity index is 1.66. The maximum Gasteiger partial charge on any atom is 0.310 e. The molecular weight excluding hydrogens is 452 g/mol. The molecule has 2 aromatic rings. The molecule has 33 heavy (non-hydrogen) atoms. The molecule has 178 valence electrons. The predicted molar refractivity (Wildman–Crippen MR) is 123 cm³/mol. The highest BCUT2D eigenvalue weighted by Crippen LogP contribution is 2.29. The highest BCUT2D eigenvalue weighted by Gasteiger charge is 2.29. The fourth-order valence-corrected chi connectivity index (χ4v) is 3.48. The van der Waals surface area contributed by atoms with E-state index in [9.17, 15) is 14.9 Å². The van der Waals surface area contributed by atoms with Gasteiger partial charge in [0, 0.05) is 43.4 Å². The zero-order valence-electron chi connectivity index (χ0n) is 18.8. The second kappa shape index (κ2) is 11.1. The van der Waals surface area contributed by atoms with Gasteiger partial charge in [0.1, 0.15) is 11.6 Å². The molecule has 0 saturated carbocycles. The van der Waals surface area contributed by atoms with Crippen LogP contribution in [0.15, 0.2) is 24.4 Å². The van der Waals surface area contributed by atoms with Gasteiger partial charge in [-0.1, -0.05) is 11.6 Å². The lowest BCUT2D eigenvalue weighted by molar-refractivity contribution is -0.385. The summed E-state index contributed by atoms with van der Waals surface area (Å²) in [7, 11) is 3.75. The maximum absolute atomic E-state index is 13.0. The van der Waals surface area contributed by atoms with Crippen LogP contribution in [-0.4, -0.2) is 83.6 Å². The van der Waals surface area contributed by atoms with Gasteiger partial charge in [-0.2, -0.15) is 4.98 Å². The highest BCUT2D eigenvalue weighted by molar-refractivity contribution is 6.31. The molecule has 1 aromatic heterocycles. The first-order chi connectivity index (χ1) is 15.8. The van der Waals surface area contributed by atoms with Gasteiger partial charge >= 0.3 is 5.69 Å². The van der Waals surface area contributed by atoms with Crippen LogP contribution < -0.4 is 14.8 Å². The first-order valence-corrected chi connectivity index (χ1v) is 10.9. The number of amides is 1. The second-order valence-electron chi connectivity index (χ2n) is 7.75. The van der Waals surface area contributed by atoms with Crippen LogP contribution >= 0.6 is 11.6 Å². The molecule has 1 N–H and O–H groups in total. The third-order valence-electron chi connectivity index (χ3n) is 5.00. The van der Waals surface area contributed by atoms with E-state index in [1.807, 2.05) is 25.9 Å². The number of hydrogen-bond acceptors (Lipinski definition) is 9. The van der Waals surface area contributed by atoms with Crippen LogP contribution in [0, 0.1) is 10.1 Å². The number of carbonyl (C=O) groups excluding carboxylic acids is 1. The molecule has 2 heterocycles. The van der Waals surface area contributed by atoms with Gasteiger partial charge in [-0.05, 0) is 33.5 Å². The molecule has 0 unspecified atom stereocenters. The van der Waals surface area contributed by atoms with Gasteiger partial charge in [-0.3, -0.25) is 14.9 Å². The molecule has 1 atom stereocenters. The average molecular weight is 479 g/mol. The minimum absolute atomic E-state index is 0.0570. The summed E-state index contributed by atoms with van der Waals surface area (Å²) in [5.41, 5.74) is 0.165. The molecule has 0 radical (unpaired) electrons. The Bertz CT molecular complexity index is 1010. The molecule has 1 amide bonds. The zero-order valence-corrected chi connectivity index (χ0v) is 19.5. The van der Waals surface area contributed by atoms with E-state index in [2.05, 4.69) is 15.3 Å². The van der Waals surface area contributed by atoms with Crippen LogP contribution in [0.3, 0.4) is 0 Å². The SMILES string of the molecule is CCOc1nc(N[C@@H]2CCN(C(=O)c3ccc([N+](=O)[O-])c(OCCN(C)C)c3)C2)ncc1Cl. The molecule has 1 aliphatic heterocycles. The molecule has 0 bridgehead atoms. The van der Waals surface area contributed by atoms with Crippen LogP contribution in [0.5, 0.6) is 11.6 Å². The van der Waals surface area contributed by atoms with Crippen LogP contribution in [0.1, 0.15) is 23.7 Å². The third kappa shape index (κ3) is 6.42. The third-order valence-corrected chi connectivity index (χ3v) is 5.26. The second-order valence-corrected chi connectivity index (χ2v) is 8.16. The lowest BCUT2D eigenvalue weighted by Crippen LogP contribution is -2.32. The Morgan fingerprint density at radius 1 is 1.39 bits per heavy atom. The van der Waals surface area contributed by atoms with E-state index < -0.39 is 4.92 Å². The number of nitro benzene ring substituents is 1. The molecule has 0 aliphatic carbocycles. The van der Waals surface area contributed by atoms with E-state index in [1.165, 1.54) is 24.4 Å². The minimum Gasteiger partial charge on any atom is -0.485 e. The van der Waals surface area contributed by atoms with Crippen molar-refractivity contribution in [2.45, 2.75) is 19.4 Å². The van der Waals surface area contributed by atoms with Crippen molar-refractivity contribution in [1.29, 1.82) is 0 Å². The topological polar surface area (TPSA) is 123 Å². The van der Waals surface area contributed by atoms with Crippen molar-refractivity contribution < 1.29 is 19.2 Å².